The monoisotopic (exact) mass is 492 g/mol. The van der Waals surface area contributed by atoms with E-state index in [4.69, 9.17) is 23.4 Å². The Hall–Kier alpha value is -1.31. The molecule has 0 aromatic carbocycles. The minimum absolute atomic E-state index is 0.0810. The van der Waals surface area contributed by atoms with Crippen molar-refractivity contribution in [2.45, 2.75) is 102 Å². The summed E-state index contributed by atoms with van der Waals surface area (Å²) in [6.45, 7) is 18.4. The number of fused-ring (bicyclic) bond motifs is 2. The van der Waals surface area contributed by atoms with Crippen LogP contribution in [0.15, 0.2) is 18.5 Å². The van der Waals surface area contributed by atoms with Crippen LogP contribution in [0.3, 0.4) is 0 Å². The van der Waals surface area contributed by atoms with Gasteiger partial charge in [-0.25, -0.2) is 9.50 Å². The number of nitrogens with zero attached hydrogens (tertiary/aromatic N) is 3. The molecular weight excluding hydrogens is 452 g/mol. The lowest BCUT2D eigenvalue weighted by atomic mass is 10.1. The molecular formula is C23H40N4O4Si2. The molecule has 0 bridgehead atoms. The summed E-state index contributed by atoms with van der Waals surface area (Å²) in [5.41, 5.74) is 9.03. The molecule has 2 N–H and O–H groups in total. The first-order valence-electron chi connectivity index (χ1n) is 12.3. The van der Waals surface area contributed by atoms with Crippen molar-refractivity contribution in [2.24, 2.45) is 0 Å². The van der Waals surface area contributed by atoms with E-state index in [9.17, 15) is 0 Å². The number of ether oxygens (including phenoxy) is 1. The van der Waals surface area contributed by atoms with Gasteiger partial charge in [0.25, 0.3) is 0 Å². The van der Waals surface area contributed by atoms with E-state index in [2.05, 4.69) is 65.5 Å². The summed E-state index contributed by atoms with van der Waals surface area (Å²) < 4.78 is 29.7. The van der Waals surface area contributed by atoms with E-state index in [1.165, 1.54) is 6.33 Å². The van der Waals surface area contributed by atoms with Gasteiger partial charge in [0.2, 0.25) is 0 Å². The highest BCUT2D eigenvalue weighted by Crippen LogP contribution is 2.48. The third kappa shape index (κ3) is 4.08. The molecule has 4 heterocycles. The van der Waals surface area contributed by atoms with Crippen molar-refractivity contribution >= 4 is 28.5 Å². The maximum atomic E-state index is 7.27. The SMILES string of the molecule is CC(C)[Si]1(C(C)C)OC[C@H]2O[C@@H](c3ccc4c(N)ncnn34)C[C@@H]2O[Si](C(C)C)(C(C)C)O1. The van der Waals surface area contributed by atoms with E-state index >= 15 is 0 Å². The van der Waals surface area contributed by atoms with Gasteiger partial charge in [-0.2, -0.15) is 5.10 Å². The molecule has 3 atom stereocenters. The zero-order valence-electron chi connectivity index (χ0n) is 21.2. The van der Waals surface area contributed by atoms with Gasteiger partial charge in [0.1, 0.15) is 24.1 Å². The van der Waals surface area contributed by atoms with E-state index in [-0.39, 0.29) is 18.3 Å². The zero-order valence-corrected chi connectivity index (χ0v) is 23.2. The molecule has 8 nitrogen and oxygen atoms in total. The highest BCUT2D eigenvalue weighted by molar-refractivity contribution is 6.83. The second-order valence-corrected chi connectivity index (χ2v) is 19.6. The molecule has 2 aromatic rings. The van der Waals surface area contributed by atoms with Gasteiger partial charge in [-0.1, -0.05) is 55.4 Å². The van der Waals surface area contributed by atoms with Crippen molar-refractivity contribution in [1.82, 2.24) is 14.6 Å². The summed E-state index contributed by atoms with van der Waals surface area (Å²) in [4.78, 5) is 4.10. The standard InChI is InChI=1S/C23H40N4O4Si2/c1-14(2)32(15(3)4)28-12-22-21(30-33(31-32,16(5)6)17(7)8)11-20(29-22)18-9-10-19-23(24)25-13-26-27(18)19/h9-10,13-17,20-22H,11-12H2,1-8H3,(H2,24,25,26)/t20-,21+,22-/m1/s1. The number of hydrogen-bond acceptors (Lipinski definition) is 7. The van der Waals surface area contributed by atoms with Crippen LogP contribution in [0.4, 0.5) is 5.82 Å². The van der Waals surface area contributed by atoms with Crippen LogP contribution in [-0.2, 0) is 17.7 Å². The minimum Gasteiger partial charge on any atom is -0.414 e. The van der Waals surface area contributed by atoms with Crippen LogP contribution in [0, 0.1) is 0 Å². The summed E-state index contributed by atoms with van der Waals surface area (Å²) in [7, 11) is -5.21. The van der Waals surface area contributed by atoms with Gasteiger partial charge in [-0.05, 0) is 34.3 Å². The molecule has 2 aliphatic heterocycles. The molecule has 2 fully saturated rings. The molecule has 0 saturated carbocycles. The molecule has 0 aliphatic carbocycles. The van der Waals surface area contributed by atoms with Gasteiger partial charge < -0.3 is 23.4 Å². The van der Waals surface area contributed by atoms with Crippen LogP contribution in [0.1, 0.15) is 73.6 Å². The normalized spacial score (nSPS) is 27.5. The maximum Gasteiger partial charge on any atom is 0.335 e. The van der Waals surface area contributed by atoms with Gasteiger partial charge in [0.05, 0.1) is 18.4 Å². The van der Waals surface area contributed by atoms with Gasteiger partial charge in [0.15, 0.2) is 5.82 Å². The average molecular weight is 493 g/mol. The van der Waals surface area contributed by atoms with E-state index in [1.807, 2.05) is 16.6 Å². The van der Waals surface area contributed by atoms with Crippen molar-refractivity contribution in [3.05, 3.63) is 24.2 Å². The largest absolute Gasteiger partial charge is 0.414 e. The Labute approximate surface area is 199 Å². The lowest BCUT2D eigenvalue weighted by Crippen LogP contribution is -2.65. The number of nitrogen functional groups attached to an aromatic ring is 1. The molecule has 2 aromatic heterocycles. The first-order valence-corrected chi connectivity index (χ1v) is 16.2. The van der Waals surface area contributed by atoms with E-state index in [0.29, 0.717) is 34.6 Å². The number of hydrogen-bond donors (Lipinski definition) is 1. The summed E-state index contributed by atoms with van der Waals surface area (Å²) in [5.74, 6) is 0.462. The van der Waals surface area contributed by atoms with Gasteiger partial charge in [-0.3, -0.25) is 0 Å². The molecule has 4 rings (SSSR count). The molecule has 0 spiro atoms. The fourth-order valence-corrected chi connectivity index (χ4v) is 16.8. The van der Waals surface area contributed by atoms with Gasteiger partial charge in [0, 0.05) is 6.42 Å². The Kier molecular flexibility index (Phi) is 6.80. The van der Waals surface area contributed by atoms with Crippen molar-refractivity contribution < 1.29 is 17.7 Å². The van der Waals surface area contributed by atoms with Crippen molar-refractivity contribution in [1.29, 1.82) is 0 Å². The van der Waals surface area contributed by atoms with Gasteiger partial charge >= 0.3 is 17.1 Å². The zero-order chi connectivity index (χ0) is 24.1. The molecule has 0 radical (unpaired) electrons. The molecule has 10 heteroatoms. The molecule has 0 unspecified atom stereocenters. The molecule has 2 aliphatic rings. The third-order valence-corrected chi connectivity index (χ3v) is 17.7. The fraction of sp³-hybridized carbons (Fsp3) is 0.739. The topological polar surface area (TPSA) is 93.1 Å². The first kappa shape index (κ1) is 24.8. The van der Waals surface area contributed by atoms with Crippen LogP contribution in [0.2, 0.25) is 22.2 Å². The highest BCUT2D eigenvalue weighted by Gasteiger charge is 2.60. The van der Waals surface area contributed by atoms with E-state index in [1.54, 1.807) is 0 Å². The quantitative estimate of drug-likeness (QED) is 0.581. The van der Waals surface area contributed by atoms with Crippen molar-refractivity contribution in [2.75, 3.05) is 12.3 Å². The number of anilines is 1. The number of rotatable bonds is 5. The van der Waals surface area contributed by atoms with Gasteiger partial charge in [-0.15, -0.1) is 0 Å². The van der Waals surface area contributed by atoms with E-state index in [0.717, 1.165) is 17.6 Å². The third-order valence-electron chi connectivity index (χ3n) is 7.39. The Bertz CT molecular complexity index is 965. The van der Waals surface area contributed by atoms with Crippen LogP contribution in [0.25, 0.3) is 5.52 Å². The fourth-order valence-electron chi connectivity index (χ4n) is 5.56. The first-order chi connectivity index (χ1) is 15.5. The molecule has 184 valence electrons. The van der Waals surface area contributed by atoms with Crippen LogP contribution < -0.4 is 5.73 Å². The summed E-state index contributed by atoms with van der Waals surface area (Å²) in [6.07, 6.45) is 1.84. The smallest absolute Gasteiger partial charge is 0.335 e. The lowest BCUT2D eigenvalue weighted by Gasteiger charge is -2.51. The summed E-state index contributed by atoms with van der Waals surface area (Å²) >= 11 is 0. The molecule has 33 heavy (non-hydrogen) atoms. The van der Waals surface area contributed by atoms with Crippen LogP contribution in [0.5, 0.6) is 0 Å². The summed E-state index contributed by atoms with van der Waals surface area (Å²) in [6, 6.07) is 3.98. The lowest BCUT2D eigenvalue weighted by molar-refractivity contribution is -0.0396. The second-order valence-electron chi connectivity index (χ2n) is 10.7. The minimum atomic E-state index is -2.64. The Morgan fingerprint density at radius 1 is 0.939 bits per heavy atom. The molecule has 0 amide bonds. The average Bonchev–Trinajstić information content (AvgIpc) is 3.32. The Balaban J connectivity index is 1.72. The van der Waals surface area contributed by atoms with Crippen molar-refractivity contribution in [3.8, 4) is 0 Å². The predicted molar refractivity (Wildman–Crippen MR) is 133 cm³/mol. The Morgan fingerprint density at radius 2 is 1.58 bits per heavy atom. The summed E-state index contributed by atoms with van der Waals surface area (Å²) in [5, 5.41) is 4.42. The van der Waals surface area contributed by atoms with Crippen molar-refractivity contribution in [3.63, 3.8) is 0 Å². The van der Waals surface area contributed by atoms with Crippen LogP contribution in [-0.4, -0.2) is 50.5 Å². The second kappa shape index (κ2) is 9.05. The van der Waals surface area contributed by atoms with Crippen LogP contribution >= 0.6 is 0 Å². The highest BCUT2D eigenvalue weighted by atomic mass is 28.5. The maximum absolute atomic E-state index is 7.27. The number of nitrogens with two attached hydrogens (primary N) is 1. The molecule has 2 saturated heterocycles. The number of aromatic nitrogens is 3. The predicted octanol–water partition coefficient (Wildman–Crippen LogP) is 5.10. The van der Waals surface area contributed by atoms with E-state index < -0.39 is 17.1 Å². The Morgan fingerprint density at radius 3 is 2.18 bits per heavy atom.